The van der Waals surface area contributed by atoms with E-state index >= 15 is 0 Å². The first-order valence-corrected chi connectivity index (χ1v) is 6.89. The molecule has 0 saturated carbocycles. The molecule has 2 rings (SSSR count). The van der Waals surface area contributed by atoms with E-state index in [0.717, 1.165) is 22.3 Å². The molecule has 1 N–H and O–H groups in total. The third kappa shape index (κ3) is 3.15. The molecule has 0 spiro atoms. The van der Waals surface area contributed by atoms with Crippen LogP contribution in [-0.4, -0.2) is 0 Å². The van der Waals surface area contributed by atoms with Crippen LogP contribution < -0.4 is 5.32 Å². The Labute approximate surface area is 122 Å². The number of benzene rings is 2. The van der Waals surface area contributed by atoms with E-state index in [0.29, 0.717) is 5.56 Å². The van der Waals surface area contributed by atoms with Crippen LogP contribution in [0.4, 0.5) is 5.69 Å². The Bertz CT molecular complexity index is 642. The van der Waals surface area contributed by atoms with Gasteiger partial charge in [0.05, 0.1) is 11.6 Å². The van der Waals surface area contributed by atoms with Crippen LogP contribution in [0, 0.1) is 25.2 Å². The summed E-state index contributed by atoms with van der Waals surface area (Å²) >= 11 is 3.59. The minimum atomic E-state index is 0.706. The molecule has 2 nitrogen and oxygen atoms in total. The number of nitrogens with zero attached hydrogens (tertiary/aromatic N) is 1. The van der Waals surface area contributed by atoms with Gasteiger partial charge in [0.15, 0.2) is 0 Å². The van der Waals surface area contributed by atoms with Crippen molar-refractivity contribution in [2.24, 2.45) is 0 Å². The Morgan fingerprint density at radius 1 is 1.16 bits per heavy atom. The van der Waals surface area contributed by atoms with Crippen molar-refractivity contribution in [3.63, 3.8) is 0 Å². The average Bonchev–Trinajstić information content (AvgIpc) is 2.41. The SMILES string of the molecule is Cc1cc(C#N)ccc1CNc1cccc(C)c1Br. The maximum atomic E-state index is 8.86. The number of aryl methyl sites for hydroxylation is 2. The standard InChI is InChI=1S/C16H15BrN2/c1-11-4-3-5-15(16(11)17)19-10-14-7-6-13(9-18)8-12(14)2/h3-8,19H,10H2,1-2H3. The number of rotatable bonds is 3. The van der Waals surface area contributed by atoms with E-state index < -0.39 is 0 Å². The number of halogens is 1. The highest BCUT2D eigenvalue weighted by atomic mass is 79.9. The van der Waals surface area contributed by atoms with E-state index in [-0.39, 0.29) is 0 Å². The molecule has 0 heterocycles. The van der Waals surface area contributed by atoms with Crippen LogP contribution >= 0.6 is 15.9 Å². The molecule has 2 aromatic carbocycles. The van der Waals surface area contributed by atoms with E-state index in [1.54, 1.807) is 0 Å². The summed E-state index contributed by atoms with van der Waals surface area (Å²) in [6, 6.07) is 14.1. The lowest BCUT2D eigenvalue weighted by atomic mass is 10.1. The van der Waals surface area contributed by atoms with Crippen LogP contribution in [0.2, 0.25) is 0 Å². The smallest absolute Gasteiger partial charge is 0.0991 e. The number of nitriles is 1. The predicted octanol–water partition coefficient (Wildman–Crippen LogP) is 4.55. The molecule has 0 unspecified atom stereocenters. The summed E-state index contributed by atoms with van der Waals surface area (Å²) < 4.78 is 1.10. The fraction of sp³-hybridized carbons (Fsp3) is 0.188. The van der Waals surface area contributed by atoms with Crippen LogP contribution in [0.1, 0.15) is 22.3 Å². The molecule has 0 aliphatic carbocycles. The largest absolute Gasteiger partial charge is 0.380 e. The lowest BCUT2D eigenvalue weighted by Gasteiger charge is -2.12. The van der Waals surface area contributed by atoms with Crippen LogP contribution in [0.25, 0.3) is 0 Å². The number of nitrogens with one attached hydrogen (secondary N) is 1. The third-order valence-corrected chi connectivity index (χ3v) is 4.19. The van der Waals surface area contributed by atoms with Gasteiger partial charge < -0.3 is 5.32 Å². The lowest BCUT2D eigenvalue weighted by Crippen LogP contribution is -2.02. The minimum Gasteiger partial charge on any atom is -0.380 e. The van der Waals surface area contributed by atoms with E-state index in [4.69, 9.17) is 5.26 Å². The normalized spacial score (nSPS) is 10.0. The van der Waals surface area contributed by atoms with Crippen molar-refractivity contribution in [3.05, 3.63) is 63.1 Å². The molecule has 3 heteroatoms. The average molecular weight is 315 g/mol. The van der Waals surface area contributed by atoms with Crippen molar-refractivity contribution in [1.82, 2.24) is 0 Å². The Hall–Kier alpha value is -1.79. The van der Waals surface area contributed by atoms with Crippen molar-refractivity contribution >= 4 is 21.6 Å². The Kier molecular flexibility index (Phi) is 4.24. The molecule has 0 aromatic heterocycles. The maximum Gasteiger partial charge on any atom is 0.0991 e. The van der Waals surface area contributed by atoms with Crippen molar-refractivity contribution in [2.45, 2.75) is 20.4 Å². The maximum absolute atomic E-state index is 8.86. The second-order valence-corrected chi connectivity index (χ2v) is 5.34. The first-order chi connectivity index (χ1) is 9.11. The van der Waals surface area contributed by atoms with Gasteiger partial charge in [0.25, 0.3) is 0 Å². The van der Waals surface area contributed by atoms with Crippen molar-refractivity contribution < 1.29 is 0 Å². The summed E-state index contributed by atoms with van der Waals surface area (Å²) in [6.45, 7) is 4.85. The fourth-order valence-electron chi connectivity index (χ4n) is 1.94. The monoisotopic (exact) mass is 314 g/mol. The summed E-state index contributed by atoms with van der Waals surface area (Å²) in [4.78, 5) is 0. The minimum absolute atomic E-state index is 0.706. The Morgan fingerprint density at radius 2 is 1.95 bits per heavy atom. The number of hydrogen-bond acceptors (Lipinski definition) is 2. The molecule has 0 bridgehead atoms. The molecule has 19 heavy (non-hydrogen) atoms. The second kappa shape index (κ2) is 5.90. The number of anilines is 1. The highest BCUT2D eigenvalue weighted by Crippen LogP contribution is 2.26. The highest BCUT2D eigenvalue weighted by Gasteiger charge is 2.04. The van der Waals surface area contributed by atoms with Crippen molar-refractivity contribution in [3.8, 4) is 6.07 Å². The zero-order valence-corrected chi connectivity index (χ0v) is 12.6. The van der Waals surface area contributed by atoms with Gasteiger partial charge in [-0.1, -0.05) is 18.2 Å². The zero-order chi connectivity index (χ0) is 13.8. The van der Waals surface area contributed by atoms with Gasteiger partial charge in [-0.05, 0) is 64.7 Å². The molecular formula is C16H15BrN2. The molecule has 0 aliphatic rings. The second-order valence-electron chi connectivity index (χ2n) is 4.54. The molecule has 0 saturated heterocycles. The van der Waals surface area contributed by atoms with Crippen LogP contribution in [0.5, 0.6) is 0 Å². The predicted molar refractivity (Wildman–Crippen MR) is 82.1 cm³/mol. The Morgan fingerprint density at radius 3 is 2.63 bits per heavy atom. The quantitative estimate of drug-likeness (QED) is 0.902. The van der Waals surface area contributed by atoms with Gasteiger partial charge in [0.2, 0.25) is 0 Å². The summed E-state index contributed by atoms with van der Waals surface area (Å²) in [5.41, 5.74) is 5.34. The van der Waals surface area contributed by atoms with E-state index in [2.05, 4.69) is 46.4 Å². The molecule has 96 valence electrons. The third-order valence-electron chi connectivity index (χ3n) is 3.13. The Balaban J connectivity index is 2.15. The van der Waals surface area contributed by atoms with Crippen molar-refractivity contribution in [2.75, 3.05) is 5.32 Å². The molecule has 0 aliphatic heterocycles. The van der Waals surface area contributed by atoms with E-state index in [9.17, 15) is 0 Å². The van der Waals surface area contributed by atoms with E-state index in [1.165, 1.54) is 11.1 Å². The molecule has 0 radical (unpaired) electrons. The zero-order valence-electron chi connectivity index (χ0n) is 11.0. The topological polar surface area (TPSA) is 35.8 Å². The van der Waals surface area contributed by atoms with Gasteiger partial charge in [-0.3, -0.25) is 0 Å². The first kappa shape index (κ1) is 13.6. The summed E-state index contributed by atoms with van der Waals surface area (Å²) in [7, 11) is 0. The fourth-order valence-corrected chi connectivity index (χ4v) is 2.34. The summed E-state index contributed by atoms with van der Waals surface area (Å²) in [5.74, 6) is 0. The van der Waals surface area contributed by atoms with E-state index in [1.807, 2.05) is 31.2 Å². The van der Waals surface area contributed by atoms with Gasteiger partial charge in [0, 0.05) is 16.7 Å². The summed E-state index contributed by atoms with van der Waals surface area (Å²) in [6.07, 6.45) is 0. The van der Waals surface area contributed by atoms with Crippen LogP contribution in [-0.2, 0) is 6.54 Å². The first-order valence-electron chi connectivity index (χ1n) is 6.10. The van der Waals surface area contributed by atoms with Gasteiger partial charge in [-0.15, -0.1) is 0 Å². The summed E-state index contributed by atoms with van der Waals surface area (Å²) in [5, 5.41) is 12.3. The molecule has 2 aromatic rings. The molecule has 0 fully saturated rings. The van der Waals surface area contributed by atoms with Gasteiger partial charge >= 0.3 is 0 Å². The number of hydrogen-bond donors (Lipinski definition) is 1. The molecule has 0 atom stereocenters. The molecule has 0 amide bonds. The van der Waals surface area contributed by atoms with Crippen LogP contribution in [0.15, 0.2) is 40.9 Å². The van der Waals surface area contributed by atoms with Gasteiger partial charge in [-0.25, -0.2) is 0 Å². The van der Waals surface area contributed by atoms with Crippen molar-refractivity contribution in [1.29, 1.82) is 5.26 Å². The highest BCUT2D eigenvalue weighted by molar-refractivity contribution is 9.10. The van der Waals surface area contributed by atoms with Gasteiger partial charge in [-0.2, -0.15) is 5.26 Å². The lowest BCUT2D eigenvalue weighted by molar-refractivity contribution is 1.11. The molecular weight excluding hydrogens is 300 g/mol. The van der Waals surface area contributed by atoms with Crippen LogP contribution in [0.3, 0.4) is 0 Å². The van der Waals surface area contributed by atoms with Gasteiger partial charge in [0.1, 0.15) is 0 Å².